The summed E-state index contributed by atoms with van der Waals surface area (Å²) in [5.74, 6) is -3.41. The summed E-state index contributed by atoms with van der Waals surface area (Å²) in [6.07, 6.45) is -10.1. The molecule has 2 unspecified atom stereocenters. The van der Waals surface area contributed by atoms with E-state index in [4.69, 9.17) is 5.11 Å². The second kappa shape index (κ2) is 4.89. The van der Waals surface area contributed by atoms with Gasteiger partial charge in [-0.05, 0) is 23.8 Å². The van der Waals surface area contributed by atoms with Gasteiger partial charge in [-0.25, -0.2) is 13.6 Å². The molecule has 0 saturated carbocycles. The molecule has 3 nitrogen and oxygen atoms in total. The van der Waals surface area contributed by atoms with Crippen LogP contribution in [0.1, 0.15) is 17.2 Å². The van der Waals surface area contributed by atoms with Crippen molar-refractivity contribution in [1.82, 2.24) is 0 Å². The summed E-state index contributed by atoms with van der Waals surface area (Å²) in [7, 11) is 0. The molecule has 0 aliphatic heterocycles. The molecular formula is C10H7F5O3. The molecule has 1 rings (SSSR count). The highest BCUT2D eigenvalue weighted by Crippen LogP contribution is 2.32. The average Bonchev–Trinajstić information content (AvgIpc) is 2.24. The molecule has 1 aromatic rings. The highest BCUT2D eigenvalue weighted by Gasteiger charge is 2.34. The predicted octanol–water partition coefficient (Wildman–Crippen LogP) is 2.30. The van der Waals surface area contributed by atoms with Crippen LogP contribution in [0.25, 0.3) is 0 Å². The highest BCUT2D eigenvalue weighted by molar-refractivity contribution is 5.73. The Balaban J connectivity index is 3.18. The van der Waals surface area contributed by atoms with Crippen molar-refractivity contribution in [2.75, 3.05) is 0 Å². The van der Waals surface area contributed by atoms with E-state index in [1.807, 2.05) is 0 Å². The molecule has 0 fully saturated rings. The van der Waals surface area contributed by atoms with Crippen LogP contribution in [-0.4, -0.2) is 22.4 Å². The van der Waals surface area contributed by atoms with E-state index in [9.17, 15) is 31.9 Å². The molecule has 100 valence electrons. The zero-order valence-electron chi connectivity index (χ0n) is 8.58. The predicted molar refractivity (Wildman–Crippen MR) is 48.9 cm³/mol. The molecule has 1 aromatic carbocycles. The average molecular weight is 270 g/mol. The maximum absolute atomic E-state index is 12.9. The summed E-state index contributed by atoms with van der Waals surface area (Å²) in [5, 5.41) is 17.4. The first-order chi connectivity index (χ1) is 8.12. The number of halogens is 5. The quantitative estimate of drug-likeness (QED) is 0.828. The molecule has 0 bridgehead atoms. The summed E-state index contributed by atoms with van der Waals surface area (Å²) >= 11 is 0. The molecule has 2 N–H and O–H groups in total. The third-order valence-electron chi connectivity index (χ3n) is 2.10. The van der Waals surface area contributed by atoms with Gasteiger partial charge in [-0.1, -0.05) is 0 Å². The van der Waals surface area contributed by atoms with E-state index in [0.717, 1.165) is 0 Å². The van der Waals surface area contributed by atoms with E-state index in [2.05, 4.69) is 0 Å². The molecule has 0 aliphatic rings. The Hall–Kier alpha value is -1.70. The molecule has 0 spiro atoms. The van der Waals surface area contributed by atoms with Crippen molar-refractivity contribution in [1.29, 1.82) is 0 Å². The lowest BCUT2D eigenvalue weighted by Crippen LogP contribution is -2.23. The lowest BCUT2D eigenvalue weighted by molar-refractivity contribution is -0.147. The first kappa shape index (κ1) is 14.4. The Bertz CT molecular complexity index is 457. The third-order valence-corrected chi connectivity index (χ3v) is 2.10. The number of carboxylic acid groups (broad SMARTS) is 1. The number of aliphatic carboxylic acids is 1. The minimum Gasteiger partial charge on any atom is -0.479 e. The lowest BCUT2D eigenvalue weighted by Gasteiger charge is -2.15. The van der Waals surface area contributed by atoms with Crippen molar-refractivity contribution in [3.05, 3.63) is 35.1 Å². The molecule has 8 heteroatoms. The van der Waals surface area contributed by atoms with Gasteiger partial charge in [0.15, 0.2) is 0 Å². The summed E-state index contributed by atoms with van der Waals surface area (Å²) < 4.78 is 62.8. The van der Waals surface area contributed by atoms with Crippen molar-refractivity contribution >= 4 is 5.97 Å². The van der Waals surface area contributed by atoms with Crippen molar-refractivity contribution in [3.63, 3.8) is 0 Å². The Morgan fingerprint density at radius 3 is 2.22 bits per heavy atom. The highest BCUT2D eigenvalue weighted by atomic mass is 19.4. The number of benzene rings is 1. The summed E-state index contributed by atoms with van der Waals surface area (Å²) in [6.45, 7) is 0. The second-order valence-electron chi connectivity index (χ2n) is 3.46. The number of aliphatic hydroxyl groups is 1. The van der Waals surface area contributed by atoms with E-state index in [0.29, 0.717) is 12.1 Å². The fourth-order valence-electron chi connectivity index (χ4n) is 1.25. The van der Waals surface area contributed by atoms with Crippen LogP contribution in [0.4, 0.5) is 22.0 Å². The fourth-order valence-corrected chi connectivity index (χ4v) is 1.25. The molecule has 0 heterocycles. The van der Waals surface area contributed by atoms with Crippen molar-refractivity contribution in [2.45, 2.75) is 18.5 Å². The maximum Gasteiger partial charge on any atom is 0.416 e. The van der Waals surface area contributed by atoms with Gasteiger partial charge in [0.1, 0.15) is 11.9 Å². The molecule has 0 saturated heterocycles. The Kier molecular flexibility index (Phi) is 3.90. The van der Waals surface area contributed by atoms with Gasteiger partial charge in [0.2, 0.25) is 6.17 Å². The fraction of sp³-hybridized carbons (Fsp3) is 0.300. The summed E-state index contributed by atoms with van der Waals surface area (Å²) in [4.78, 5) is 10.2. The lowest BCUT2D eigenvalue weighted by atomic mass is 10.0. The van der Waals surface area contributed by atoms with Crippen LogP contribution in [0.5, 0.6) is 0 Å². The molecular weight excluding hydrogens is 263 g/mol. The molecule has 0 aliphatic carbocycles. The Labute approximate surface area is 97.5 Å². The topological polar surface area (TPSA) is 57.5 Å². The van der Waals surface area contributed by atoms with Crippen molar-refractivity contribution in [3.8, 4) is 0 Å². The van der Waals surface area contributed by atoms with Gasteiger partial charge in [-0.2, -0.15) is 13.2 Å². The van der Waals surface area contributed by atoms with E-state index >= 15 is 0 Å². The largest absolute Gasteiger partial charge is 0.479 e. The molecule has 0 amide bonds. The van der Waals surface area contributed by atoms with E-state index < -0.39 is 41.4 Å². The van der Waals surface area contributed by atoms with Gasteiger partial charge < -0.3 is 10.2 Å². The molecule has 0 radical (unpaired) electrons. The zero-order chi connectivity index (χ0) is 14.1. The summed E-state index contributed by atoms with van der Waals surface area (Å²) in [5.41, 5.74) is -2.23. The van der Waals surface area contributed by atoms with Gasteiger partial charge in [0.25, 0.3) is 0 Å². The van der Waals surface area contributed by atoms with Crippen LogP contribution in [0.15, 0.2) is 18.2 Å². The van der Waals surface area contributed by atoms with Gasteiger partial charge in [-0.15, -0.1) is 0 Å². The van der Waals surface area contributed by atoms with Crippen LogP contribution >= 0.6 is 0 Å². The number of hydrogen-bond acceptors (Lipinski definition) is 2. The SMILES string of the molecule is O=C(O)C(F)C(O)c1cc(F)cc(C(F)(F)F)c1. The molecule has 2 atom stereocenters. The van der Waals surface area contributed by atoms with Crippen molar-refractivity contribution < 1.29 is 37.0 Å². The number of rotatable bonds is 3. The standard InChI is InChI=1S/C10H7F5O3/c11-6-2-4(8(16)7(12)9(17)18)1-5(3-6)10(13,14)15/h1-3,7-8,16H,(H,17,18). The monoisotopic (exact) mass is 270 g/mol. The van der Waals surface area contributed by atoms with E-state index in [1.54, 1.807) is 0 Å². The van der Waals surface area contributed by atoms with Crippen LogP contribution < -0.4 is 0 Å². The van der Waals surface area contributed by atoms with Gasteiger partial charge >= 0.3 is 12.1 Å². The molecule has 0 aromatic heterocycles. The zero-order valence-corrected chi connectivity index (χ0v) is 8.58. The van der Waals surface area contributed by atoms with Crippen molar-refractivity contribution in [2.24, 2.45) is 0 Å². The Morgan fingerprint density at radius 1 is 1.22 bits per heavy atom. The number of carbonyl (C=O) groups is 1. The number of hydrogen-bond donors (Lipinski definition) is 2. The smallest absolute Gasteiger partial charge is 0.416 e. The van der Waals surface area contributed by atoms with Gasteiger partial charge in [-0.3, -0.25) is 0 Å². The minimum atomic E-state index is -4.88. The van der Waals surface area contributed by atoms with Crippen LogP contribution in [0.2, 0.25) is 0 Å². The summed E-state index contributed by atoms with van der Waals surface area (Å²) in [6, 6.07) is 0.892. The first-order valence-electron chi connectivity index (χ1n) is 4.55. The van der Waals surface area contributed by atoms with Crippen LogP contribution in [-0.2, 0) is 11.0 Å². The van der Waals surface area contributed by atoms with Gasteiger partial charge in [0, 0.05) is 0 Å². The second-order valence-corrected chi connectivity index (χ2v) is 3.46. The minimum absolute atomic E-state index is 0.157. The number of carboxylic acids is 1. The normalized spacial score (nSPS) is 15.2. The molecule has 18 heavy (non-hydrogen) atoms. The Morgan fingerprint density at radius 2 is 1.78 bits per heavy atom. The maximum atomic E-state index is 12.9. The van der Waals surface area contributed by atoms with Crippen LogP contribution in [0, 0.1) is 5.82 Å². The number of alkyl halides is 4. The van der Waals surface area contributed by atoms with Gasteiger partial charge in [0.05, 0.1) is 5.56 Å². The first-order valence-corrected chi connectivity index (χ1v) is 4.55. The van der Waals surface area contributed by atoms with E-state index in [-0.39, 0.29) is 6.07 Å². The number of aliphatic hydroxyl groups excluding tert-OH is 1. The van der Waals surface area contributed by atoms with Crippen LogP contribution in [0.3, 0.4) is 0 Å². The van der Waals surface area contributed by atoms with E-state index in [1.165, 1.54) is 0 Å². The third kappa shape index (κ3) is 3.16.